The summed E-state index contributed by atoms with van der Waals surface area (Å²) in [6, 6.07) is 22.1. The number of nitrogens with one attached hydrogen (secondary N) is 1. The van der Waals surface area contributed by atoms with Gasteiger partial charge in [0.25, 0.3) is 5.56 Å². The lowest BCUT2D eigenvalue weighted by atomic mass is 10.1. The molecule has 0 unspecified atom stereocenters. The molecule has 0 bridgehead atoms. The fraction of sp³-hybridized carbons (Fsp3) is 0.125. The number of nitrogens with zero attached hydrogens (tertiary/aromatic N) is 3. The first-order valence-electron chi connectivity index (χ1n) is 10.0. The van der Waals surface area contributed by atoms with Crippen LogP contribution in [-0.4, -0.2) is 19.1 Å². The number of hydrogen-bond acceptors (Lipinski definition) is 4. The van der Waals surface area contributed by atoms with Gasteiger partial charge in [0.15, 0.2) is 16.3 Å². The number of aromatic nitrogens is 4. The Morgan fingerprint density at radius 3 is 2.56 bits per heavy atom. The zero-order valence-electron chi connectivity index (χ0n) is 17.2. The molecule has 3 aromatic carbocycles. The van der Waals surface area contributed by atoms with Gasteiger partial charge in [0, 0.05) is 17.8 Å². The number of imidazole rings is 1. The maximum Gasteiger partial charge on any atom is 0.329 e. The number of rotatable bonds is 5. The Morgan fingerprint density at radius 1 is 1.00 bits per heavy atom. The molecule has 160 valence electrons. The van der Waals surface area contributed by atoms with Crippen molar-refractivity contribution >= 4 is 45.3 Å². The summed E-state index contributed by atoms with van der Waals surface area (Å²) in [5.74, 6) is 0.669. The average molecular weight is 463 g/mol. The molecule has 0 amide bonds. The third-order valence-electron chi connectivity index (χ3n) is 5.44. The van der Waals surface area contributed by atoms with E-state index in [2.05, 4.69) is 40.3 Å². The van der Waals surface area contributed by atoms with Crippen LogP contribution in [0.1, 0.15) is 11.1 Å². The van der Waals surface area contributed by atoms with Crippen LogP contribution in [0.15, 0.2) is 81.5 Å². The van der Waals surface area contributed by atoms with Crippen LogP contribution in [0.4, 0.5) is 0 Å². The van der Waals surface area contributed by atoms with E-state index in [1.165, 1.54) is 27.1 Å². The van der Waals surface area contributed by atoms with Gasteiger partial charge in [-0.25, -0.2) is 9.78 Å². The minimum atomic E-state index is -0.490. The van der Waals surface area contributed by atoms with Gasteiger partial charge in [0.1, 0.15) is 0 Å². The van der Waals surface area contributed by atoms with Crippen LogP contribution < -0.4 is 11.2 Å². The van der Waals surface area contributed by atoms with Gasteiger partial charge < -0.3 is 4.57 Å². The molecular weight excluding hydrogens is 444 g/mol. The lowest BCUT2D eigenvalue weighted by Gasteiger charge is -2.10. The van der Waals surface area contributed by atoms with Gasteiger partial charge >= 0.3 is 5.69 Å². The van der Waals surface area contributed by atoms with E-state index in [0.717, 1.165) is 11.1 Å². The SMILES string of the molecule is Cn1c(=O)[nH]c(=O)c2c1nc(SCc1ccc3ccccc3c1)n2Cc1ccccc1Cl. The lowest BCUT2D eigenvalue weighted by Crippen LogP contribution is -2.29. The molecule has 6 nitrogen and oxygen atoms in total. The number of aromatic amines is 1. The molecular formula is C24H19ClN4O2S. The molecule has 8 heteroatoms. The Morgan fingerprint density at radius 2 is 1.75 bits per heavy atom. The molecule has 2 heterocycles. The van der Waals surface area contributed by atoms with Crippen molar-refractivity contribution in [2.24, 2.45) is 7.05 Å². The Labute approximate surface area is 192 Å². The Kier molecular flexibility index (Phi) is 5.36. The number of benzene rings is 3. The highest BCUT2D eigenvalue weighted by Crippen LogP contribution is 2.28. The van der Waals surface area contributed by atoms with Crippen molar-refractivity contribution < 1.29 is 0 Å². The largest absolute Gasteiger partial charge is 0.329 e. The van der Waals surface area contributed by atoms with E-state index in [-0.39, 0.29) is 0 Å². The molecule has 0 saturated carbocycles. The number of halogens is 1. The van der Waals surface area contributed by atoms with Crippen molar-refractivity contribution in [2.75, 3.05) is 0 Å². The molecule has 0 radical (unpaired) electrons. The standard InChI is InChI=1S/C24H19ClN4O2S/c1-28-21-20(22(30)27-23(28)31)29(13-18-8-4-5-9-19(18)25)24(26-21)32-14-15-10-11-16-6-2-3-7-17(16)12-15/h2-12H,13-14H2,1H3,(H,27,30,31). The summed E-state index contributed by atoms with van der Waals surface area (Å²) in [5.41, 5.74) is 1.78. The first-order chi connectivity index (χ1) is 15.5. The number of fused-ring (bicyclic) bond motifs is 2. The van der Waals surface area contributed by atoms with Crippen molar-refractivity contribution in [3.8, 4) is 0 Å². The number of hydrogen-bond donors (Lipinski definition) is 1. The molecule has 1 N–H and O–H groups in total. The van der Waals surface area contributed by atoms with Gasteiger partial charge in [-0.15, -0.1) is 0 Å². The van der Waals surface area contributed by atoms with Crippen LogP contribution in [0.2, 0.25) is 5.02 Å². The zero-order chi connectivity index (χ0) is 22.2. The highest BCUT2D eigenvalue weighted by atomic mass is 35.5. The highest BCUT2D eigenvalue weighted by molar-refractivity contribution is 7.98. The van der Waals surface area contributed by atoms with Crippen molar-refractivity contribution in [1.29, 1.82) is 0 Å². The van der Waals surface area contributed by atoms with Crippen LogP contribution in [0, 0.1) is 0 Å². The maximum atomic E-state index is 12.7. The number of thioether (sulfide) groups is 1. The Hall–Kier alpha value is -3.29. The molecule has 0 atom stereocenters. The summed E-state index contributed by atoms with van der Waals surface area (Å²) in [6.45, 7) is 0.373. The first kappa shape index (κ1) is 20.6. The highest BCUT2D eigenvalue weighted by Gasteiger charge is 2.18. The molecule has 2 aromatic heterocycles. The topological polar surface area (TPSA) is 72.7 Å². The van der Waals surface area contributed by atoms with Crippen molar-refractivity contribution in [3.63, 3.8) is 0 Å². The number of aryl methyl sites for hydroxylation is 1. The summed E-state index contributed by atoms with van der Waals surface area (Å²) < 4.78 is 3.19. The third-order valence-corrected chi connectivity index (χ3v) is 6.86. The van der Waals surface area contributed by atoms with E-state index in [1.54, 1.807) is 7.05 Å². The predicted molar refractivity (Wildman–Crippen MR) is 130 cm³/mol. The van der Waals surface area contributed by atoms with Gasteiger partial charge in [0.05, 0.1) is 6.54 Å². The van der Waals surface area contributed by atoms with Gasteiger partial charge in [-0.1, -0.05) is 84.0 Å². The second kappa shape index (κ2) is 8.33. The Bertz CT molecular complexity index is 1590. The predicted octanol–water partition coefficient (Wildman–Crippen LogP) is 4.57. The fourth-order valence-corrected chi connectivity index (χ4v) is 4.88. The van der Waals surface area contributed by atoms with E-state index in [1.807, 2.05) is 41.0 Å². The second-order valence-electron chi connectivity index (χ2n) is 7.53. The monoisotopic (exact) mass is 462 g/mol. The molecule has 0 aliphatic rings. The minimum absolute atomic E-state index is 0.354. The van der Waals surface area contributed by atoms with Gasteiger partial charge in [-0.05, 0) is 28.0 Å². The molecule has 0 fully saturated rings. The minimum Gasteiger partial charge on any atom is -0.309 e. The van der Waals surface area contributed by atoms with Crippen LogP contribution in [0.5, 0.6) is 0 Å². The summed E-state index contributed by atoms with van der Waals surface area (Å²) in [5, 5.41) is 3.63. The fourth-order valence-electron chi connectivity index (χ4n) is 3.74. The second-order valence-corrected chi connectivity index (χ2v) is 8.88. The zero-order valence-corrected chi connectivity index (χ0v) is 18.8. The molecule has 0 aliphatic carbocycles. The van der Waals surface area contributed by atoms with Gasteiger partial charge in [-0.3, -0.25) is 14.3 Å². The van der Waals surface area contributed by atoms with Crippen molar-refractivity contribution in [3.05, 3.63) is 104 Å². The van der Waals surface area contributed by atoms with Crippen molar-refractivity contribution in [2.45, 2.75) is 17.5 Å². The molecule has 5 aromatic rings. The van der Waals surface area contributed by atoms with Gasteiger partial charge in [0.2, 0.25) is 0 Å². The average Bonchev–Trinajstić information content (AvgIpc) is 3.16. The number of H-pyrrole nitrogens is 1. The first-order valence-corrected chi connectivity index (χ1v) is 11.4. The van der Waals surface area contributed by atoms with E-state index in [0.29, 0.717) is 33.6 Å². The normalized spacial score (nSPS) is 11.4. The van der Waals surface area contributed by atoms with Crippen molar-refractivity contribution in [1.82, 2.24) is 19.1 Å². The lowest BCUT2D eigenvalue weighted by molar-refractivity contribution is 0.728. The maximum absolute atomic E-state index is 12.7. The smallest absolute Gasteiger partial charge is 0.309 e. The van der Waals surface area contributed by atoms with E-state index in [4.69, 9.17) is 11.6 Å². The van der Waals surface area contributed by atoms with E-state index < -0.39 is 11.2 Å². The summed E-state index contributed by atoms with van der Waals surface area (Å²) in [6.07, 6.45) is 0. The van der Waals surface area contributed by atoms with Crippen LogP contribution in [0.3, 0.4) is 0 Å². The summed E-state index contributed by atoms with van der Waals surface area (Å²) in [4.78, 5) is 31.9. The summed E-state index contributed by atoms with van der Waals surface area (Å²) in [7, 11) is 1.60. The van der Waals surface area contributed by atoms with E-state index >= 15 is 0 Å². The third kappa shape index (κ3) is 3.74. The van der Waals surface area contributed by atoms with Crippen LogP contribution in [0.25, 0.3) is 21.9 Å². The molecule has 32 heavy (non-hydrogen) atoms. The van der Waals surface area contributed by atoms with Crippen LogP contribution in [-0.2, 0) is 19.3 Å². The molecule has 5 rings (SSSR count). The van der Waals surface area contributed by atoms with Gasteiger partial charge in [-0.2, -0.15) is 0 Å². The summed E-state index contributed by atoms with van der Waals surface area (Å²) >= 11 is 7.91. The molecule has 0 aliphatic heterocycles. The quantitative estimate of drug-likeness (QED) is 0.388. The van der Waals surface area contributed by atoms with E-state index in [9.17, 15) is 9.59 Å². The molecule has 0 saturated heterocycles. The Balaban J connectivity index is 1.58. The van der Waals surface area contributed by atoms with Crippen LogP contribution >= 0.6 is 23.4 Å². The molecule has 0 spiro atoms.